The Morgan fingerprint density at radius 2 is 2.50 bits per heavy atom. The summed E-state index contributed by atoms with van der Waals surface area (Å²) < 4.78 is 2.04. The first-order chi connectivity index (χ1) is 4.79. The third kappa shape index (κ3) is 0.743. The van der Waals surface area contributed by atoms with E-state index in [1.807, 2.05) is 24.0 Å². The second-order valence-corrected chi connectivity index (χ2v) is 2.90. The fourth-order valence-corrected chi connectivity index (χ4v) is 1.25. The molecule has 0 aromatic carbocycles. The molecule has 2 rings (SSSR count). The summed E-state index contributed by atoms with van der Waals surface area (Å²) in [6.45, 7) is 0. The van der Waals surface area contributed by atoms with Gasteiger partial charge in [-0.2, -0.15) is 0 Å². The molecule has 0 amide bonds. The van der Waals surface area contributed by atoms with Gasteiger partial charge in [0.05, 0.1) is 0 Å². The summed E-state index contributed by atoms with van der Waals surface area (Å²) in [5, 5.41) is 0. The molecule has 1 heterocycles. The van der Waals surface area contributed by atoms with Crippen molar-refractivity contribution in [1.82, 2.24) is 9.55 Å². The lowest BCUT2D eigenvalue weighted by atomic mass is 10.4. The van der Waals surface area contributed by atoms with Gasteiger partial charge in [-0.05, 0) is 6.42 Å². The van der Waals surface area contributed by atoms with Crippen molar-refractivity contribution in [2.75, 3.05) is 0 Å². The van der Waals surface area contributed by atoms with Gasteiger partial charge in [0.15, 0.2) is 0 Å². The Kier molecular flexibility index (Phi) is 1.08. The van der Waals surface area contributed by atoms with Crippen LogP contribution in [0, 0.1) is 0 Å². The number of aromatic nitrogens is 2. The summed E-state index contributed by atoms with van der Waals surface area (Å²) in [7, 11) is 2.01. The Morgan fingerprint density at radius 3 is 2.90 bits per heavy atom. The molecule has 3 nitrogen and oxygen atoms in total. The van der Waals surface area contributed by atoms with Crippen LogP contribution < -0.4 is 5.73 Å². The fraction of sp³-hybridized carbons (Fsp3) is 0.571. The van der Waals surface area contributed by atoms with Crippen LogP contribution in [0.25, 0.3) is 0 Å². The lowest BCUT2D eigenvalue weighted by Crippen LogP contribution is -2.04. The minimum Gasteiger partial charge on any atom is -0.338 e. The molecule has 10 heavy (non-hydrogen) atoms. The first-order valence-electron chi connectivity index (χ1n) is 3.52. The van der Waals surface area contributed by atoms with Crippen molar-refractivity contribution in [2.24, 2.45) is 12.8 Å². The van der Waals surface area contributed by atoms with Crippen molar-refractivity contribution in [1.29, 1.82) is 0 Å². The van der Waals surface area contributed by atoms with Crippen molar-refractivity contribution in [3.8, 4) is 0 Å². The van der Waals surface area contributed by atoms with Crippen molar-refractivity contribution >= 4 is 0 Å². The van der Waals surface area contributed by atoms with Crippen LogP contribution in [0.4, 0.5) is 0 Å². The second kappa shape index (κ2) is 1.83. The Morgan fingerprint density at radius 1 is 1.80 bits per heavy atom. The molecular weight excluding hydrogens is 126 g/mol. The van der Waals surface area contributed by atoms with Gasteiger partial charge < -0.3 is 10.3 Å². The van der Waals surface area contributed by atoms with E-state index in [0.717, 1.165) is 12.2 Å². The maximum atomic E-state index is 5.67. The lowest BCUT2D eigenvalue weighted by molar-refractivity contribution is 0.783. The predicted molar refractivity (Wildman–Crippen MR) is 38.5 cm³/mol. The highest BCUT2D eigenvalue weighted by atomic mass is 15.1. The zero-order valence-electron chi connectivity index (χ0n) is 5.99. The van der Waals surface area contributed by atoms with E-state index in [2.05, 4.69) is 4.98 Å². The van der Waals surface area contributed by atoms with E-state index in [0.29, 0.717) is 12.0 Å². The van der Waals surface area contributed by atoms with Crippen LogP contribution in [0.1, 0.15) is 18.2 Å². The Hall–Kier alpha value is -0.830. The number of rotatable bonds is 1. The average Bonchev–Trinajstić information content (AvgIpc) is 2.42. The SMILES string of the molecule is Cn1ccnc1[C@@H]1C[C@H]1N. The third-order valence-electron chi connectivity index (χ3n) is 2.03. The van der Waals surface area contributed by atoms with E-state index in [9.17, 15) is 0 Å². The standard InChI is InChI=1S/C7H11N3/c1-10-3-2-9-7(10)5-4-6(5)8/h2-3,5-6H,4,8H2,1H3/t5-,6-/m1/s1. The third-order valence-corrected chi connectivity index (χ3v) is 2.03. The van der Waals surface area contributed by atoms with Crippen LogP contribution in [-0.2, 0) is 7.05 Å². The van der Waals surface area contributed by atoms with Crippen LogP contribution in [-0.4, -0.2) is 15.6 Å². The Balaban J connectivity index is 2.26. The van der Waals surface area contributed by atoms with Crippen LogP contribution in [0.15, 0.2) is 12.4 Å². The van der Waals surface area contributed by atoms with Crippen molar-refractivity contribution in [3.63, 3.8) is 0 Å². The summed E-state index contributed by atoms with van der Waals surface area (Å²) in [5.74, 6) is 1.66. The number of aryl methyl sites for hydroxylation is 1. The Bertz CT molecular complexity index is 241. The second-order valence-electron chi connectivity index (χ2n) is 2.90. The van der Waals surface area contributed by atoms with Crippen molar-refractivity contribution in [2.45, 2.75) is 18.4 Å². The van der Waals surface area contributed by atoms with E-state index in [1.165, 1.54) is 0 Å². The smallest absolute Gasteiger partial charge is 0.113 e. The molecule has 2 N–H and O–H groups in total. The van der Waals surface area contributed by atoms with E-state index in [4.69, 9.17) is 5.73 Å². The average molecular weight is 137 g/mol. The zero-order valence-corrected chi connectivity index (χ0v) is 5.99. The number of nitrogens with zero attached hydrogens (tertiary/aromatic N) is 2. The molecule has 3 heteroatoms. The summed E-state index contributed by atoms with van der Waals surface area (Å²) in [4.78, 5) is 4.21. The summed E-state index contributed by atoms with van der Waals surface area (Å²) in [6, 6.07) is 0.362. The maximum absolute atomic E-state index is 5.67. The monoisotopic (exact) mass is 137 g/mol. The molecule has 0 aliphatic heterocycles. The lowest BCUT2D eigenvalue weighted by Gasteiger charge is -1.96. The molecule has 1 aliphatic rings. The first kappa shape index (κ1) is 5.92. The van der Waals surface area contributed by atoms with Crippen molar-refractivity contribution < 1.29 is 0 Å². The zero-order chi connectivity index (χ0) is 7.14. The highest BCUT2D eigenvalue weighted by molar-refractivity contribution is 5.14. The van der Waals surface area contributed by atoms with E-state index < -0.39 is 0 Å². The van der Waals surface area contributed by atoms with Crippen LogP contribution >= 0.6 is 0 Å². The summed E-state index contributed by atoms with van der Waals surface area (Å²) in [5.41, 5.74) is 5.67. The van der Waals surface area contributed by atoms with Crippen LogP contribution in [0.2, 0.25) is 0 Å². The molecule has 1 aromatic heterocycles. The molecule has 1 aliphatic carbocycles. The minimum atomic E-state index is 0.362. The number of imidazole rings is 1. The van der Waals surface area contributed by atoms with Gasteiger partial charge >= 0.3 is 0 Å². The fourth-order valence-electron chi connectivity index (χ4n) is 1.25. The van der Waals surface area contributed by atoms with E-state index in [1.54, 1.807) is 0 Å². The molecule has 0 spiro atoms. The number of hydrogen-bond acceptors (Lipinski definition) is 2. The van der Waals surface area contributed by atoms with Crippen LogP contribution in [0.3, 0.4) is 0 Å². The van der Waals surface area contributed by atoms with E-state index >= 15 is 0 Å². The Labute approximate surface area is 59.9 Å². The van der Waals surface area contributed by atoms with Gasteiger partial charge in [-0.1, -0.05) is 0 Å². The molecule has 0 radical (unpaired) electrons. The van der Waals surface area contributed by atoms with Gasteiger partial charge in [0.2, 0.25) is 0 Å². The molecule has 2 atom stereocenters. The molecule has 0 unspecified atom stereocenters. The molecule has 1 fully saturated rings. The molecule has 1 aromatic rings. The van der Waals surface area contributed by atoms with Crippen molar-refractivity contribution in [3.05, 3.63) is 18.2 Å². The van der Waals surface area contributed by atoms with Crippen LogP contribution in [0.5, 0.6) is 0 Å². The summed E-state index contributed by atoms with van der Waals surface area (Å²) >= 11 is 0. The first-order valence-corrected chi connectivity index (χ1v) is 3.52. The number of hydrogen-bond donors (Lipinski definition) is 1. The molecule has 54 valence electrons. The normalized spacial score (nSPS) is 30.6. The molecule has 0 saturated heterocycles. The predicted octanol–water partition coefficient (Wildman–Crippen LogP) is 0.235. The molecule has 0 bridgehead atoms. The largest absolute Gasteiger partial charge is 0.338 e. The highest BCUT2D eigenvalue weighted by Gasteiger charge is 2.37. The molecule has 1 saturated carbocycles. The highest BCUT2D eigenvalue weighted by Crippen LogP contribution is 2.37. The van der Waals surface area contributed by atoms with Gasteiger partial charge in [0.25, 0.3) is 0 Å². The summed E-state index contributed by atoms with van der Waals surface area (Å²) in [6.07, 6.45) is 4.88. The maximum Gasteiger partial charge on any atom is 0.113 e. The van der Waals surface area contributed by atoms with Gasteiger partial charge in [-0.25, -0.2) is 4.98 Å². The van der Waals surface area contributed by atoms with Gasteiger partial charge in [0.1, 0.15) is 5.82 Å². The topological polar surface area (TPSA) is 43.8 Å². The molecular formula is C7H11N3. The van der Waals surface area contributed by atoms with Gasteiger partial charge in [0, 0.05) is 31.4 Å². The van der Waals surface area contributed by atoms with Gasteiger partial charge in [-0.15, -0.1) is 0 Å². The van der Waals surface area contributed by atoms with E-state index in [-0.39, 0.29) is 0 Å². The number of nitrogens with two attached hydrogens (primary N) is 1. The van der Waals surface area contributed by atoms with Gasteiger partial charge in [-0.3, -0.25) is 0 Å². The minimum absolute atomic E-state index is 0.362. The quantitative estimate of drug-likeness (QED) is 0.602.